The van der Waals surface area contributed by atoms with Gasteiger partial charge in [-0.25, -0.2) is 4.79 Å². The van der Waals surface area contributed by atoms with E-state index in [1.165, 1.54) is 12.2 Å². The number of carboxylic acid groups (broad SMARTS) is 1. The van der Waals surface area contributed by atoms with Gasteiger partial charge in [-0.15, -0.1) is 0 Å². The third-order valence-corrected chi connectivity index (χ3v) is 6.83. The molecule has 1 amide bonds. The minimum absolute atomic E-state index is 0.165. The van der Waals surface area contributed by atoms with E-state index in [9.17, 15) is 14.7 Å². The molecule has 1 aromatic rings. The second-order valence-corrected chi connectivity index (χ2v) is 8.51. The van der Waals surface area contributed by atoms with Crippen molar-refractivity contribution >= 4 is 33.5 Å². The van der Waals surface area contributed by atoms with Crippen molar-refractivity contribution in [2.45, 2.75) is 49.8 Å². The number of carbonyl (C=O) groups is 2. The predicted octanol–water partition coefficient (Wildman–Crippen LogP) is 3.51. The maximum Gasteiger partial charge on any atom is 0.326 e. The van der Waals surface area contributed by atoms with Crippen molar-refractivity contribution in [3.8, 4) is 0 Å². The summed E-state index contributed by atoms with van der Waals surface area (Å²) < 4.78 is 0. The van der Waals surface area contributed by atoms with Gasteiger partial charge in [0.1, 0.15) is 6.04 Å². The second-order valence-electron chi connectivity index (χ2n) is 5.72. The molecule has 2 atom stereocenters. The molecule has 1 aliphatic rings. The van der Waals surface area contributed by atoms with Crippen molar-refractivity contribution in [1.29, 1.82) is 0 Å². The molecule has 1 fully saturated rings. The van der Waals surface area contributed by atoms with Crippen LogP contribution >= 0.6 is 21.6 Å². The van der Waals surface area contributed by atoms with E-state index in [2.05, 4.69) is 5.32 Å². The van der Waals surface area contributed by atoms with Gasteiger partial charge in [0.2, 0.25) is 5.91 Å². The fourth-order valence-electron chi connectivity index (χ4n) is 2.54. The van der Waals surface area contributed by atoms with Crippen LogP contribution in [0.25, 0.3) is 0 Å². The van der Waals surface area contributed by atoms with Gasteiger partial charge in [-0.2, -0.15) is 0 Å². The minimum Gasteiger partial charge on any atom is -0.480 e. The van der Waals surface area contributed by atoms with E-state index in [-0.39, 0.29) is 5.91 Å². The maximum absolute atomic E-state index is 12.0. The molecule has 23 heavy (non-hydrogen) atoms. The topological polar surface area (TPSA) is 66.4 Å². The summed E-state index contributed by atoms with van der Waals surface area (Å²) in [6.45, 7) is 0. The average molecular weight is 354 g/mol. The van der Waals surface area contributed by atoms with Gasteiger partial charge in [-0.05, 0) is 24.8 Å². The number of hydrogen-bond acceptors (Lipinski definition) is 4. The average Bonchev–Trinajstić information content (AvgIpc) is 3.05. The van der Waals surface area contributed by atoms with Crippen molar-refractivity contribution < 1.29 is 14.7 Å². The first-order valence-corrected chi connectivity index (χ1v) is 10.4. The summed E-state index contributed by atoms with van der Waals surface area (Å²) in [4.78, 5) is 23.3. The molecular weight excluding hydrogens is 330 g/mol. The molecule has 1 unspecified atom stereocenters. The summed E-state index contributed by atoms with van der Waals surface area (Å²) in [5.41, 5.74) is 0.913. The van der Waals surface area contributed by atoms with E-state index >= 15 is 0 Å². The normalized spacial score (nSPS) is 18.5. The molecule has 0 aliphatic carbocycles. The molecule has 2 N–H and O–H groups in total. The summed E-state index contributed by atoms with van der Waals surface area (Å²) in [7, 11) is 3.89. The minimum atomic E-state index is -0.985. The van der Waals surface area contributed by atoms with Crippen LogP contribution in [0.3, 0.4) is 0 Å². The highest BCUT2D eigenvalue weighted by molar-refractivity contribution is 8.77. The number of carbonyl (C=O) groups excluding carboxylic acids is 1. The summed E-state index contributed by atoms with van der Waals surface area (Å²) in [5.74, 6) is 0.0821. The number of carboxylic acids is 1. The summed E-state index contributed by atoms with van der Waals surface area (Å²) >= 11 is 0. The standard InChI is InChI=1S/C17H23NO3S2/c19-16(9-5-4-8-14-10-11-22-23-14)18-15(17(20)21)12-13-6-2-1-3-7-13/h1-3,6-7,14-15H,4-5,8-12H2,(H,18,19)(H,20,21)/t14?,15-/m0/s1. The molecule has 1 aliphatic heterocycles. The van der Waals surface area contributed by atoms with Crippen LogP contribution < -0.4 is 5.32 Å². The Labute approximate surface area is 145 Å². The third-order valence-electron chi connectivity index (χ3n) is 3.82. The fraction of sp³-hybridized carbons (Fsp3) is 0.529. The molecule has 1 heterocycles. The number of hydrogen-bond donors (Lipinski definition) is 2. The van der Waals surface area contributed by atoms with E-state index < -0.39 is 12.0 Å². The highest BCUT2D eigenvalue weighted by Gasteiger charge is 2.20. The lowest BCUT2D eigenvalue weighted by Crippen LogP contribution is -2.42. The lowest BCUT2D eigenvalue weighted by molar-refractivity contribution is -0.141. The molecule has 0 spiro atoms. The first kappa shape index (κ1) is 18.2. The molecule has 126 valence electrons. The van der Waals surface area contributed by atoms with Gasteiger partial charge < -0.3 is 10.4 Å². The van der Waals surface area contributed by atoms with Crippen molar-refractivity contribution in [2.24, 2.45) is 0 Å². The number of aliphatic carboxylic acids is 1. The van der Waals surface area contributed by atoms with E-state index in [0.717, 1.165) is 30.1 Å². The zero-order chi connectivity index (χ0) is 16.5. The van der Waals surface area contributed by atoms with Gasteiger partial charge in [-0.3, -0.25) is 4.79 Å². The smallest absolute Gasteiger partial charge is 0.326 e. The Morgan fingerprint density at radius 1 is 1.26 bits per heavy atom. The molecule has 0 bridgehead atoms. The largest absolute Gasteiger partial charge is 0.480 e. The monoisotopic (exact) mass is 353 g/mol. The van der Waals surface area contributed by atoms with E-state index in [1.807, 2.05) is 51.9 Å². The number of nitrogens with one attached hydrogen (secondary N) is 1. The van der Waals surface area contributed by atoms with E-state index in [1.54, 1.807) is 0 Å². The van der Waals surface area contributed by atoms with Crippen LogP contribution in [-0.2, 0) is 16.0 Å². The molecule has 2 rings (SSSR count). The number of amides is 1. The van der Waals surface area contributed by atoms with E-state index in [0.29, 0.717) is 12.8 Å². The molecule has 1 aromatic carbocycles. The Kier molecular flexibility index (Phi) is 7.82. The summed E-state index contributed by atoms with van der Waals surface area (Å²) in [5, 5.41) is 12.7. The second kappa shape index (κ2) is 9.88. The molecule has 0 aromatic heterocycles. The maximum atomic E-state index is 12.0. The molecule has 0 radical (unpaired) electrons. The zero-order valence-electron chi connectivity index (χ0n) is 13.1. The lowest BCUT2D eigenvalue weighted by Gasteiger charge is -2.15. The fourth-order valence-corrected chi connectivity index (χ4v) is 5.57. The Morgan fingerprint density at radius 2 is 2.04 bits per heavy atom. The molecule has 6 heteroatoms. The third kappa shape index (κ3) is 6.87. The van der Waals surface area contributed by atoms with Gasteiger partial charge in [0, 0.05) is 23.8 Å². The Morgan fingerprint density at radius 3 is 2.70 bits per heavy atom. The first-order chi connectivity index (χ1) is 11.1. The number of rotatable bonds is 9. The van der Waals surface area contributed by atoms with Crippen molar-refractivity contribution in [3.05, 3.63) is 35.9 Å². The van der Waals surface area contributed by atoms with Gasteiger partial charge in [0.15, 0.2) is 0 Å². The summed E-state index contributed by atoms with van der Waals surface area (Å²) in [6.07, 6.45) is 4.99. The zero-order valence-corrected chi connectivity index (χ0v) is 14.7. The van der Waals surface area contributed by atoms with Crippen molar-refractivity contribution in [3.63, 3.8) is 0 Å². The van der Waals surface area contributed by atoms with Gasteiger partial charge in [0.25, 0.3) is 0 Å². The summed E-state index contributed by atoms with van der Waals surface area (Å²) in [6, 6.07) is 8.52. The predicted molar refractivity (Wildman–Crippen MR) is 96.6 cm³/mol. The lowest BCUT2D eigenvalue weighted by atomic mass is 10.1. The van der Waals surface area contributed by atoms with Crippen LogP contribution in [0.1, 0.15) is 37.7 Å². The molecular formula is C17H23NO3S2. The van der Waals surface area contributed by atoms with Crippen LogP contribution in [-0.4, -0.2) is 34.0 Å². The quantitative estimate of drug-likeness (QED) is 0.525. The van der Waals surface area contributed by atoms with Crippen LogP contribution in [0.5, 0.6) is 0 Å². The highest BCUT2D eigenvalue weighted by Crippen LogP contribution is 2.39. The van der Waals surface area contributed by atoms with Crippen molar-refractivity contribution in [1.82, 2.24) is 5.32 Å². The molecule has 4 nitrogen and oxygen atoms in total. The van der Waals surface area contributed by atoms with E-state index in [4.69, 9.17) is 0 Å². The molecule has 0 saturated carbocycles. The van der Waals surface area contributed by atoms with Crippen LogP contribution in [0, 0.1) is 0 Å². The Balaban J connectivity index is 1.69. The Bertz CT molecular complexity index is 504. The highest BCUT2D eigenvalue weighted by atomic mass is 33.1. The molecule has 1 saturated heterocycles. The van der Waals surface area contributed by atoms with Crippen LogP contribution in [0.4, 0.5) is 0 Å². The number of unbranched alkanes of at least 4 members (excludes halogenated alkanes) is 1. The SMILES string of the molecule is O=C(CCCCC1CCSS1)N[C@@H](Cc1ccccc1)C(=O)O. The first-order valence-electron chi connectivity index (χ1n) is 7.99. The van der Waals surface area contributed by atoms with Crippen molar-refractivity contribution in [2.75, 3.05) is 5.75 Å². The number of benzene rings is 1. The van der Waals surface area contributed by atoms with Crippen LogP contribution in [0.2, 0.25) is 0 Å². The van der Waals surface area contributed by atoms with Gasteiger partial charge in [0.05, 0.1) is 0 Å². The van der Waals surface area contributed by atoms with Gasteiger partial charge >= 0.3 is 5.97 Å². The van der Waals surface area contributed by atoms with Gasteiger partial charge in [-0.1, -0.05) is 58.3 Å². The Hall–Kier alpha value is -1.14. The van der Waals surface area contributed by atoms with Crippen LogP contribution in [0.15, 0.2) is 30.3 Å².